The molecule has 2 N–H and O–H groups in total. The van der Waals surface area contributed by atoms with E-state index in [0.717, 1.165) is 0 Å². The van der Waals surface area contributed by atoms with Crippen molar-refractivity contribution in [1.82, 2.24) is 4.90 Å². The largest absolute Gasteiger partial charge is 0.497 e. The molecule has 2 amide bonds. The normalized spacial score (nSPS) is 18.1. The lowest BCUT2D eigenvalue weighted by Crippen LogP contribution is -2.51. The molecule has 1 aromatic rings. The first-order valence-corrected chi connectivity index (χ1v) is 6.61. The molecule has 0 aromatic heterocycles. The number of morpholine rings is 1. The topological polar surface area (TPSA) is 88.1 Å². The molecule has 1 saturated heterocycles. The van der Waals surface area contributed by atoms with Gasteiger partial charge in [0.15, 0.2) is 0 Å². The minimum absolute atomic E-state index is 0.129. The van der Waals surface area contributed by atoms with Crippen LogP contribution in [0.5, 0.6) is 5.75 Å². The lowest BCUT2D eigenvalue weighted by molar-refractivity contribution is -0.139. The third-order valence-corrected chi connectivity index (χ3v) is 3.24. The fraction of sp³-hybridized carbons (Fsp3) is 0.429. The van der Waals surface area contributed by atoms with Crippen LogP contribution in [0.3, 0.4) is 0 Å². The summed E-state index contributed by atoms with van der Waals surface area (Å²) in [6.07, 6.45) is -0.129. The summed E-state index contributed by atoms with van der Waals surface area (Å²) in [4.78, 5) is 24.6. The van der Waals surface area contributed by atoms with Gasteiger partial charge in [-0.2, -0.15) is 0 Å². The van der Waals surface area contributed by atoms with Gasteiger partial charge >= 0.3 is 12.0 Å². The highest BCUT2D eigenvalue weighted by molar-refractivity contribution is 5.90. The number of rotatable bonds is 4. The fourth-order valence-corrected chi connectivity index (χ4v) is 2.16. The van der Waals surface area contributed by atoms with Gasteiger partial charge in [0.1, 0.15) is 5.75 Å². The molecule has 0 radical (unpaired) electrons. The van der Waals surface area contributed by atoms with Gasteiger partial charge in [0, 0.05) is 12.2 Å². The second-order valence-electron chi connectivity index (χ2n) is 4.68. The molecule has 7 nitrogen and oxygen atoms in total. The number of carbonyl (C=O) groups is 2. The summed E-state index contributed by atoms with van der Waals surface area (Å²) in [6.45, 7) is 1.02. The molecule has 1 atom stereocenters. The summed E-state index contributed by atoms with van der Waals surface area (Å²) in [5.41, 5.74) is 0.626. The van der Waals surface area contributed by atoms with Crippen LogP contribution in [0, 0.1) is 0 Å². The van der Waals surface area contributed by atoms with Gasteiger partial charge in [0.2, 0.25) is 0 Å². The van der Waals surface area contributed by atoms with Gasteiger partial charge in [-0.1, -0.05) is 0 Å². The zero-order valence-electron chi connectivity index (χ0n) is 11.7. The Balaban J connectivity index is 2.00. The Kier molecular flexibility index (Phi) is 4.99. The van der Waals surface area contributed by atoms with Crippen molar-refractivity contribution in [2.75, 3.05) is 32.2 Å². The summed E-state index contributed by atoms with van der Waals surface area (Å²) >= 11 is 0. The summed E-state index contributed by atoms with van der Waals surface area (Å²) in [6, 6.07) is 6.16. The van der Waals surface area contributed by atoms with Crippen LogP contribution in [-0.2, 0) is 9.53 Å². The Hall–Kier alpha value is -2.28. The Morgan fingerprint density at radius 3 is 2.76 bits per heavy atom. The van der Waals surface area contributed by atoms with E-state index in [1.807, 2.05) is 0 Å². The first-order valence-electron chi connectivity index (χ1n) is 6.61. The highest BCUT2D eigenvalue weighted by Gasteiger charge is 2.29. The maximum atomic E-state index is 12.2. The van der Waals surface area contributed by atoms with Crippen molar-refractivity contribution in [1.29, 1.82) is 0 Å². The minimum atomic E-state index is -0.951. The number of carboxylic acids is 1. The molecule has 1 aliphatic heterocycles. The van der Waals surface area contributed by atoms with Crippen LogP contribution in [0.1, 0.15) is 6.42 Å². The van der Waals surface area contributed by atoms with E-state index in [2.05, 4.69) is 5.32 Å². The van der Waals surface area contributed by atoms with Gasteiger partial charge in [-0.25, -0.2) is 4.79 Å². The average Bonchev–Trinajstić information content (AvgIpc) is 2.48. The SMILES string of the molecule is COc1ccc(NC(=O)N2CCOCC2CC(=O)O)cc1. The van der Waals surface area contributed by atoms with Crippen molar-refractivity contribution in [3.63, 3.8) is 0 Å². The van der Waals surface area contributed by atoms with Crippen molar-refractivity contribution in [2.24, 2.45) is 0 Å². The molecule has 0 aliphatic carbocycles. The smallest absolute Gasteiger partial charge is 0.322 e. The van der Waals surface area contributed by atoms with Crippen LogP contribution in [-0.4, -0.2) is 54.9 Å². The number of aliphatic carboxylic acids is 1. The number of carbonyl (C=O) groups excluding carboxylic acids is 1. The maximum absolute atomic E-state index is 12.2. The molecular formula is C14H18N2O5. The van der Waals surface area contributed by atoms with Crippen molar-refractivity contribution in [3.05, 3.63) is 24.3 Å². The summed E-state index contributed by atoms with van der Waals surface area (Å²) in [5.74, 6) is -0.254. The molecule has 0 saturated carbocycles. The van der Waals surface area contributed by atoms with Gasteiger partial charge in [-0.05, 0) is 24.3 Å². The third kappa shape index (κ3) is 4.09. The van der Waals surface area contributed by atoms with E-state index in [9.17, 15) is 9.59 Å². The molecule has 1 unspecified atom stereocenters. The molecule has 0 bridgehead atoms. The van der Waals surface area contributed by atoms with Crippen molar-refractivity contribution in [2.45, 2.75) is 12.5 Å². The van der Waals surface area contributed by atoms with Crippen molar-refractivity contribution < 1.29 is 24.2 Å². The molecule has 1 aromatic carbocycles. The number of carboxylic acid groups (broad SMARTS) is 1. The van der Waals surface area contributed by atoms with Crippen LogP contribution in [0.25, 0.3) is 0 Å². The molecule has 114 valence electrons. The average molecular weight is 294 g/mol. The van der Waals surface area contributed by atoms with Crippen LogP contribution in [0.15, 0.2) is 24.3 Å². The number of nitrogens with one attached hydrogen (secondary N) is 1. The third-order valence-electron chi connectivity index (χ3n) is 3.24. The van der Waals surface area contributed by atoms with Crippen LogP contribution < -0.4 is 10.1 Å². The van der Waals surface area contributed by atoms with Gasteiger partial charge in [0.05, 0.1) is 32.8 Å². The second-order valence-corrected chi connectivity index (χ2v) is 4.68. The standard InChI is InChI=1S/C14H18N2O5/c1-20-12-4-2-10(3-5-12)15-14(19)16-6-7-21-9-11(16)8-13(17)18/h2-5,11H,6-9H2,1H3,(H,15,19)(H,17,18). The van der Waals surface area contributed by atoms with E-state index < -0.39 is 12.0 Å². The zero-order chi connectivity index (χ0) is 15.2. The number of hydrogen-bond donors (Lipinski definition) is 2. The number of methoxy groups -OCH3 is 1. The van der Waals surface area contributed by atoms with Crippen LogP contribution >= 0.6 is 0 Å². The summed E-state index contributed by atoms with van der Waals surface area (Å²) in [5, 5.41) is 11.6. The van der Waals surface area contributed by atoms with E-state index in [-0.39, 0.29) is 19.1 Å². The first-order chi connectivity index (χ1) is 10.1. The van der Waals surface area contributed by atoms with Crippen molar-refractivity contribution in [3.8, 4) is 5.75 Å². The highest BCUT2D eigenvalue weighted by Crippen LogP contribution is 2.17. The summed E-state index contributed by atoms with van der Waals surface area (Å²) < 4.78 is 10.3. The molecule has 21 heavy (non-hydrogen) atoms. The molecular weight excluding hydrogens is 276 g/mol. The Labute approximate surface area is 122 Å². The predicted octanol–water partition coefficient (Wildman–Crippen LogP) is 1.40. The van der Waals surface area contributed by atoms with E-state index in [0.29, 0.717) is 24.6 Å². The molecule has 7 heteroatoms. The van der Waals surface area contributed by atoms with Gasteiger partial charge in [0.25, 0.3) is 0 Å². The van der Waals surface area contributed by atoms with Crippen molar-refractivity contribution >= 4 is 17.7 Å². The fourth-order valence-electron chi connectivity index (χ4n) is 2.16. The summed E-state index contributed by atoms with van der Waals surface area (Å²) in [7, 11) is 1.57. The zero-order valence-corrected chi connectivity index (χ0v) is 11.7. The number of amides is 2. The van der Waals surface area contributed by atoms with Gasteiger partial charge < -0.3 is 24.8 Å². The molecule has 1 aliphatic rings. The highest BCUT2D eigenvalue weighted by atomic mass is 16.5. The van der Waals surface area contributed by atoms with Crippen LogP contribution in [0.2, 0.25) is 0 Å². The quantitative estimate of drug-likeness (QED) is 0.876. The van der Waals surface area contributed by atoms with Gasteiger partial charge in [-0.15, -0.1) is 0 Å². The lowest BCUT2D eigenvalue weighted by Gasteiger charge is -2.34. The second kappa shape index (κ2) is 6.94. The number of nitrogens with zero attached hydrogens (tertiary/aromatic N) is 1. The molecule has 1 fully saturated rings. The van der Waals surface area contributed by atoms with Crippen LogP contribution in [0.4, 0.5) is 10.5 Å². The number of anilines is 1. The van der Waals surface area contributed by atoms with Gasteiger partial charge in [-0.3, -0.25) is 4.79 Å². The lowest BCUT2D eigenvalue weighted by atomic mass is 10.1. The van der Waals surface area contributed by atoms with E-state index in [1.165, 1.54) is 4.90 Å². The number of ether oxygens (including phenoxy) is 2. The molecule has 1 heterocycles. The number of urea groups is 1. The Morgan fingerprint density at radius 1 is 1.43 bits per heavy atom. The van der Waals surface area contributed by atoms with E-state index in [4.69, 9.17) is 14.6 Å². The molecule has 0 spiro atoms. The Morgan fingerprint density at radius 2 is 2.14 bits per heavy atom. The minimum Gasteiger partial charge on any atom is -0.497 e. The monoisotopic (exact) mass is 294 g/mol. The number of benzene rings is 1. The first kappa shape index (κ1) is 15.1. The predicted molar refractivity (Wildman–Crippen MR) is 75.6 cm³/mol. The molecule has 2 rings (SSSR count). The number of hydrogen-bond acceptors (Lipinski definition) is 4. The van der Waals surface area contributed by atoms with E-state index in [1.54, 1.807) is 31.4 Å². The maximum Gasteiger partial charge on any atom is 0.322 e. The van der Waals surface area contributed by atoms with E-state index >= 15 is 0 Å². The Bertz CT molecular complexity index is 503.